The van der Waals surface area contributed by atoms with Crippen LogP contribution in [-0.2, 0) is 11.8 Å². The number of nitrogens with one attached hydrogen (secondary N) is 1. The van der Waals surface area contributed by atoms with E-state index in [1.165, 1.54) is 0 Å². The second kappa shape index (κ2) is 6.31. The maximum absolute atomic E-state index is 12.4. The molecule has 0 radical (unpaired) electrons. The molecule has 2 aromatic rings. The van der Waals surface area contributed by atoms with E-state index in [1.807, 2.05) is 13.1 Å². The maximum atomic E-state index is 12.4. The van der Waals surface area contributed by atoms with Crippen LogP contribution in [0, 0.1) is 5.92 Å². The molecular formula is C14H17ClN6O. The fourth-order valence-corrected chi connectivity index (χ4v) is 2.71. The van der Waals surface area contributed by atoms with E-state index in [0.717, 1.165) is 30.9 Å². The average Bonchev–Trinajstić information content (AvgIpc) is 2.93. The number of rotatable bonds is 3. The largest absolute Gasteiger partial charge is 0.354 e. The summed E-state index contributed by atoms with van der Waals surface area (Å²) in [6.07, 6.45) is 5.23. The molecule has 7 nitrogen and oxygen atoms in total. The van der Waals surface area contributed by atoms with E-state index in [9.17, 15) is 4.79 Å². The van der Waals surface area contributed by atoms with Gasteiger partial charge in [0.15, 0.2) is 11.0 Å². The maximum Gasteiger partial charge on any atom is 0.229 e. The minimum absolute atomic E-state index is 0.0135. The monoisotopic (exact) mass is 320 g/mol. The van der Waals surface area contributed by atoms with Crippen molar-refractivity contribution in [3.05, 3.63) is 29.7 Å². The van der Waals surface area contributed by atoms with E-state index in [4.69, 9.17) is 11.6 Å². The summed E-state index contributed by atoms with van der Waals surface area (Å²) >= 11 is 5.76. The Labute approximate surface area is 133 Å². The number of piperidine rings is 1. The molecule has 1 fully saturated rings. The minimum atomic E-state index is -0.0774. The Bertz CT molecular complexity index is 656. The van der Waals surface area contributed by atoms with Crippen LogP contribution in [0.25, 0.3) is 0 Å². The number of carbonyl (C=O) groups is 1. The first-order chi connectivity index (χ1) is 10.6. The topological polar surface area (TPSA) is 75.9 Å². The summed E-state index contributed by atoms with van der Waals surface area (Å²) in [6, 6.07) is 3.54. The van der Waals surface area contributed by atoms with Crippen molar-refractivity contribution in [2.24, 2.45) is 13.0 Å². The third kappa shape index (κ3) is 3.36. The Kier molecular flexibility index (Phi) is 4.24. The molecule has 0 bridgehead atoms. The van der Waals surface area contributed by atoms with Gasteiger partial charge >= 0.3 is 0 Å². The number of halogens is 1. The van der Waals surface area contributed by atoms with Gasteiger partial charge in [-0.25, -0.2) is 0 Å². The van der Waals surface area contributed by atoms with Crippen molar-refractivity contribution in [1.82, 2.24) is 20.0 Å². The summed E-state index contributed by atoms with van der Waals surface area (Å²) in [6.45, 7) is 1.50. The predicted octanol–water partition coefficient (Wildman–Crippen LogP) is 1.72. The summed E-state index contributed by atoms with van der Waals surface area (Å²) in [4.78, 5) is 14.4. The van der Waals surface area contributed by atoms with E-state index in [1.54, 1.807) is 23.1 Å². The highest BCUT2D eigenvalue weighted by Gasteiger charge is 2.27. The van der Waals surface area contributed by atoms with Crippen molar-refractivity contribution in [3.8, 4) is 0 Å². The molecule has 2 aromatic heterocycles. The third-order valence-electron chi connectivity index (χ3n) is 3.71. The van der Waals surface area contributed by atoms with E-state index in [-0.39, 0.29) is 11.8 Å². The Morgan fingerprint density at radius 3 is 2.95 bits per heavy atom. The second-order valence-electron chi connectivity index (χ2n) is 5.39. The lowest BCUT2D eigenvalue weighted by molar-refractivity contribution is -0.120. The number of aryl methyl sites for hydroxylation is 1. The van der Waals surface area contributed by atoms with Gasteiger partial charge in [-0.1, -0.05) is 11.6 Å². The van der Waals surface area contributed by atoms with E-state index in [2.05, 4.69) is 25.5 Å². The normalized spacial score (nSPS) is 18.3. The zero-order valence-electron chi connectivity index (χ0n) is 12.2. The van der Waals surface area contributed by atoms with Gasteiger partial charge < -0.3 is 10.2 Å². The number of nitrogens with zero attached hydrogens (tertiary/aromatic N) is 5. The van der Waals surface area contributed by atoms with Gasteiger partial charge in [0, 0.05) is 26.3 Å². The molecule has 1 aliphatic rings. The summed E-state index contributed by atoms with van der Waals surface area (Å²) in [5, 5.41) is 15.3. The molecule has 1 unspecified atom stereocenters. The third-order valence-corrected chi connectivity index (χ3v) is 3.91. The molecule has 22 heavy (non-hydrogen) atoms. The molecule has 0 saturated carbocycles. The van der Waals surface area contributed by atoms with Crippen LogP contribution >= 0.6 is 11.6 Å². The molecule has 1 amide bonds. The highest BCUT2D eigenvalue weighted by Crippen LogP contribution is 2.23. The quantitative estimate of drug-likeness (QED) is 0.932. The van der Waals surface area contributed by atoms with Gasteiger partial charge in [-0.15, -0.1) is 10.2 Å². The average molecular weight is 321 g/mol. The van der Waals surface area contributed by atoms with Gasteiger partial charge in [0.1, 0.15) is 0 Å². The molecule has 0 aliphatic carbocycles. The zero-order chi connectivity index (χ0) is 15.5. The number of hydrogen-bond acceptors (Lipinski definition) is 5. The van der Waals surface area contributed by atoms with Crippen molar-refractivity contribution in [2.45, 2.75) is 12.8 Å². The Balaban J connectivity index is 1.64. The van der Waals surface area contributed by atoms with E-state index >= 15 is 0 Å². The molecule has 3 rings (SSSR count). The highest BCUT2D eigenvalue weighted by molar-refractivity contribution is 6.29. The number of carbonyl (C=O) groups excluding carboxylic acids is 1. The summed E-state index contributed by atoms with van der Waals surface area (Å²) in [5.41, 5.74) is 0.718. The lowest BCUT2D eigenvalue weighted by atomic mass is 9.97. The van der Waals surface area contributed by atoms with Crippen molar-refractivity contribution < 1.29 is 4.79 Å². The van der Waals surface area contributed by atoms with Gasteiger partial charge in [-0.05, 0) is 25.0 Å². The fraction of sp³-hybridized carbons (Fsp3) is 0.429. The molecule has 1 atom stereocenters. The molecule has 1 saturated heterocycles. The molecule has 0 spiro atoms. The van der Waals surface area contributed by atoms with Crippen molar-refractivity contribution in [2.75, 3.05) is 23.3 Å². The Hall–Kier alpha value is -2.15. The smallest absolute Gasteiger partial charge is 0.229 e. The van der Waals surface area contributed by atoms with Gasteiger partial charge in [-0.2, -0.15) is 5.10 Å². The van der Waals surface area contributed by atoms with Crippen LogP contribution in [0.5, 0.6) is 0 Å². The van der Waals surface area contributed by atoms with Crippen molar-refractivity contribution in [3.63, 3.8) is 0 Å². The molecule has 116 valence electrons. The van der Waals surface area contributed by atoms with Crippen LogP contribution in [-0.4, -0.2) is 39.0 Å². The van der Waals surface area contributed by atoms with Gasteiger partial charge in [0.2, 0.25) is 5.91 Å². The minimum Gasteiger partial charge on any atom is -0.354 e. The van der Waals surface area contributed by atoms with E-state index in [0.29, 0.717) is 11.7 Å². The lowest BCUT2D eigenvalue weighted by Crippen LogP contribution is -2.41. The molecule has 8 heteroatoms. The Morgan fingerprint density at radius 1 is 1.41 bits per heavy atom. The van der Waals surface area contributed by atoms with Crippen LogP contribution in [0.15, 0.2) is 24.5 Å². The summed E-state index contributed by atoms with van der Waals surface area (Å²) in [7, 11) is 1.82. The van der Waals surface area contributed by atoms with Crippen molar-refractivity contribution in [1.29, 1.82) is 0 Å². The molecule has 0 aromatic carbocycles. The second-order valence-corrected chi connectivity index (χ2v) is 5.78. The lowest BCUT2D eigenvalue weighted by Gasteiger charge is -2.32. The first-order valence-corrected chi connectivity index (χ1v) is 7.53. The van der Waals surface area contributed by atoms with Gasteiger partial charge in [-0.3, -0.25) is 9.48 Å². The molecular weight excluding hydrogens is 304 g/mol. The molecule has 1 aliphatic heterocycles. The summed E-state index contributed by atoms with van der Waals surface area (Å²) in [5.74, 6) is 0.689. The van der Waals surface area contributed by atoms with Crippen LogP contribution in [0.4, 0.5) is 11.5 Å². The van der Waals surface area contributed by atoms with E-state index < -0.39 is 0 Å². The number of amides is 1. The number of anilines is 2. The van der Waals surface area contributed by atoms with Crippen LogP contribution in [0.1, 0.15) is 12.8 Å². The first kappa shape index (κ1) is 14.8. The van der Waals surface area contributed by atoms with Gasteiger partial charge in [0.25, 0.3) is 0 Å². The molecule has 1 N–H and O–H groups in total. The SMILES string of the molecule is Cn1cc(NC(=O)C2CCCN(c3ccc(Cl)nn3)C2)cn1. The Morgan fingerprint density at radius 2 is 2.27 bits per heavy atom. The first-order valence-electron chi connectivity index (χ1n) is 7.15. The standard InChI is InChI=1S/C14H17ClN6O/c1-20-9-11(7-16-20)17-14(22)10-3-2-6-21(8-10)13-5-4-12(15)18-19-13/h4-5,7,9-10H,2-3,6,8H2,1H3,(H,17,22). The summed E-state index contributed by atoms with van der Waals surface area (Å²) < 4.78 is 1.66. The van der Waals surface area contributed by atoms with Crippen LogP contribution in [0.3, 0.4) is 0 Å². The fourth-order valence-electron chi connectivity index (χ4n) is 2.61. The van der Waals surface area contributed by atoms with Crippen LogP contribution < -0.4 is 10.2 Å². The molecule has 3 heterocycles. The van der Waals surface area contributed by atoms with Crippen molar-refractivity contribution >= 4 is 29.0 Å². The predicted molar refractivity (Wildman–Crippen MR) is 83.8 cm³/mol. The number of aromatic nitrogens is 4. The zero-order valence-corrected chi connectivity index (χ0v) is 13.0. The number of hydrogen-bond donors (Lipinski definition) is 1. The van der Waals surface area contributed by atoms with Gasteiger partial charge in [0.05, 0.1) is 17.8 Å². The highest BCUT2D eigenvalue weighted by atomic mass is 35.5. The van der Waals surface area contributed by atoms with Crippen LogP contribution in [0.2, 0.25) is 5.15 Å².